The topological polar surface area (TPSA) is 71.4 Å². The summed E-state index contributed by atoms with van der Waals surface area (Å²) in [7, 11) is 0. The van der Waals surface area contributed by atoms with Crippen LogP contribution in [0.1, 0.15) is 69.2 Å². The molecule has 0 aromatic heterocycles. The van der Waals surface area contributed by atoms with Crippen LogP contribution in [0.15, 0.2) is 30.3 Å². The van der Waals surface area contributed by atoms with Gasteiger partial charge in [0, 0.05) is 17.9 Å². The Kier molecular flexibility index (Phi) is 8.98. The molecule has 2 atom stereocenters. The van der Waals surface area contributed by atoms with Gasteiger partial charge in [-0.1, -0.05) is 69.9 Å². The summed E-state index contributed by atoms with van der Waals surface area (Å²) in [6, 6.07) is 8.74. The van der Waals surface area contributed by atoms with Gasteiger partial charge >= 0.3 is 5.97 Å². The lowest BCUT2D eigenvalue weighted by Crippen LogP contribution is -2.25. The third-order valence-electron chi connectivity index (χ3n) is 4.51. The van der Waals surface area contributed by atoms with Gasteiger partial charge in [0.2, 0.25) is 0 Å². The fourth-order valence-corrected chi connectivity index (χ4v) is 2.89. The Bertz CT molecular complexity index is 536. The summed E-state index contributed by atoms with van der Waals surface area (Å²) in [6.45, 7) is 3.88. The van der Waals surface area contributed by atoms with Crippen molar-refractivity contribution in [3.63, 3.8) is 0 Å². The summed E-state index contributed by atoms with van der Waals surface area (Å²) in [4.78, 5) is 35.7. The van der Waals surface area contributed by atoms with E-state index in [0.29, 0.717) is 5.56 Å². The van der Waals surface area contributed by atoms with E-state index in [1.54, 1.807) is 31.2 Å². The molecule has 0 amide bonds. The molecule has 0 fully saturated rings. The monoisotopic (exact) mass is 332 g/mol. The first-order valence-electron chi connectivity index (χ1n) is 8.78. The molecule has 4 heteroatoms. The van der Waals surface area contributed by atoms with Crippen molar-refractivity contribution < 1.29 is 19.5 Å². The van der Waals surface area contributed by atoms with Crippen molar-refractivity contribution in [3.05, 3.63) is 35.9 Å². The zero-order chi connectivity index (χ0) is 17.9. The van der Waals surface area contributed by atoms with Crippen LogP contribution in [0.3, 0.4) is 0 Å². The molecule has 1 N–H and O–H groups in total. The lowest BCUT2D eigenvalue weighted by Gasteiger charge is -2.21. The van der Waals surface area contributed by atoms with Gasteiger partial charge in [-0.15, -0.1) is 0 Å². The Hall–Kier alpha value is -1.97. The Morgan fingerprint density at radius 2 is 1.71 bits per heavy atom. The molecule has 0 saturated heterocycles. The minimum atomic E-state index is -0.885. The van der Waals surface area contributed by atoms with Crippen LogP contribution < -0.4 is 0 Å². The standard InChI is InChI=1S/C20H28O4/c1-3-4-5-7-12-17(13-20(23)24)15(2)18(21)14-19(22)16-10-8-6-9-11-16/h6,8-11,15,17H,3-5,7,12-14H2,1-2H3,(H,23,24). The molecule has 0 aliphatic heterocycles. The van der Waals surface area contributed by atoms with Gasteiger partial charge in [0.1, 0.15) is 5.78 Å². The zero-order valence-electron chi connectivity index (χ0n) is 14.7. The Morgan fingerprint density at radius 3 is 2.29 bits per heavy atom. The first kappa shape index (κ1) is 20.1. The van der Waals surface area contributed by atoms with E-state index in [4.69, 9.17) is 5.11 Å². The van der Waals surface area contributed by atoms with Gasteiger partial charge in [0.15, 0.2) is 5.78 Å². The molecule has 4 nitrogen and oxygen atoms in total. The molecule has 0 radical (unpaired) electrons. The van der Waals surface area contributed by atoms with Crippen LogP contribution in [0, 0.1) is 11.8 Å². The van der Waals surface area contributed by atoms with Crippen LogP contribution in [0.5, 0.6) is 0 Å². The third-order valence-corrected chi connectivity index (χ3v) is 4.51. The van der Waals surface area contributed by atoms with E-state index in [1.807, 2.05) is 6.07 Å². The van der Waals surface area contributed by atoms with E-state index < -0.39 is 11.9 Å². The SMILES string of the molecule is CCCCCCC(CC(=O)O)C(C)C(=O)CC(=O)c1ccccc1. The molecular formula is C20H28O4. The van der Waals surface area contributed by atoms with Gasteiger partial charge in [0.25, 0.3) is 0 Å². The molecule has 1 aromatic carbocycles. The van der Waals surface area contributed by atoms with E-state index in [1.165, 1.54) is 0 Å². The number of carbonyl (C=O) groups is 3. The van der Waals surface area contributed by atoms with Gasteiger partial charge in [-0.2, -0.15) is 0 Å². The van der Waals surface area contributed by atoms with Crippen molar-refractivity contribution >= 4 is 17.5 Å². The van der Waals surface area contributed by atoms with Gasteiger partial charge in [0.05, 0.1) is 6.42 Å². The maximum atomic E-state index is 12.4. The first-order chi connectivity index (χ1) is 11.5. The van der Waals surface area contributed by atoms with E-state index in [9.17, 15) is 14.4 Å². The minimum Gasteiger partial charge on any atom is -0.481 e. The van der Waals surface area contributed by atoms with Crippen molar-refractivity contribution in [2.45, 2.75) is 58.8 Å². The van der Waals surface area contributed by atoms with Gasteiger partial charge in [-0.3, -0.25) is 14.4 Å². The Balaban J connectivity index is 2.63. The molecule has 0 spiro atoms. The second-order valence-corrected chi connectivity index (χ2v) is 6.43. The molecule has 132 valence electrons. The van der Waals surface area contributed by atoms with Gasteiger partial charge < -0.3 is 5.11 Å². The largest absolute Gasteiger partial charge is 0.481 e. The van der Waals surface area contributed by atoms with E-state index in [0.717, 1.165) is 32.1 Å². The summed E-state index contributed by atoms with van der Waals surface area (Å²) in [6.07, 6.45) is 4.76. The number of unbranched alkanes of at least 4 members (excludes halogenated alkanes) is 3. The molecule has 1 rings (SSSR count). The van der Waals surface area contributed by atoms with Crippen molar-refractivity contribution in [3.8, 4) is 0 Å². The minimum absolute atomic E-state index is 0.0153. The van der Waals surface area contributed by atoms with Crippen LogP contribution in [-0.4, -0.2) is 22.6 Å². The molecule has 0 heterocycles. The number of carbonyl (C=O) groups excluding carboxylic acids is 2. The number of ketones is 2. The predicted molar refractivity (Wildman–Crippen MR) is 94.1 cm³/mol. The Morgan fingerprint density at radius 1 is 1.04 bits per heavy atom. The van der Waals surface area contributed by atoms with Crippen LogP contribution in [0.25, 0.3) is 0 Å². The number of benzene rings is 1. The fourth-order valence-electron chi connectivity index (χ4n) is 2.89. The number of hydrogen-bond acceptors (Lipinski definition) is 3. The lowest BCUT2D eigenvalue weighted by molar-refractivity contribution is -0.139. The highest BCUT2D eigenvalue weighted by Crippen LogP contribution is 2.25. The van der Waals surface area contributed by atoms with E-state index >= 15 is 0 Å². The molecule has 0 saturated carbocycles. The Labute approximate surface area is 144 Å². The summed E-state index contributed by atoms with van der Waals surface area (Å²) in [5, 5.41) is 9.10. The number of hydrogen-bond donors (Lipinski definition) is 1. The van der Waals surface area contributed by atoms with Crippen LogP contribution in [0.4, 0.5) is 0 Å². The smallest absolute Gasteiger partial charge is 0.303 e. The zero-order valence-corrected chi connectivity index (χ0v) is 14.7. The molecule has 24 heavy (non-hydrogen) atoms. The third kappa shape index (κ3) is 7.07. The van der Waals surface area contributed by atoms with Gasteiger partial charge in [-0.25, -0.2) is 0 Å². The van der Waals surface area contributed by atoms with Crippen LogP contribution in [0.2, 0.25) is 0 Å². The molecule has 0 bridgehead atoms. The lowest BCUT2D eigenvalue weighted by atomic mass is 9.82. The second kappa shape index (κ2) is 10.7. The summed E-state index contributed by atoms with van der Waals surface area (Å²) < 4.78 is 0. The first-order valence-corrected chi connectivity index (χ1v) is 8.78. The summed E-state index contributed by atoms with van der Waals surface area (Å²) in [5.41, 5.74) is 0.524. The quantitative estimate of drug-likeness (QED) is 0.347. The number of carboxylic acids is 1. The van der Waals surface area contributed by atoms with Crippen LogP contribution in [-0.2, 0) is 9.59 Å². The van der Waals surface area contributed by atoms with Crippen molar-refractivity contribution in [2.24, 2.45) is 11.8 Å². The fraction of sp³-hybridized carbons (Fsp3) is 0.550. The number of Topliss-reactive ketones (excluding diaryl/α,β-unsaturated/α-hetero) is 2. The average Bonchev–Trinajstić information content (AvgIpc) is 2.57. The van der Waals surface area contributed by atoms with Crippen molar-refractivity contribution in [1.82, 2.24) is 0 Å². The molecule has 1 aromatic rings. The maximum Gasteiger partial charge on any atom is 0.303 e. The van der Waals surface area contributed by atoms with E-state index in [2.05, 4.69) is 6.92 Å². The normalized spacial score (nSPS) is 13.2. The van der Waals surface area contributed by atoms with Crippen molar-refractivity contribution in [2.75, 3.05) is 0 Å². The highest BCUT2D eigenvalue weighted by molar-refractivity contribution is 6.08. The number of aliphatic carboxylic acids is 1. The van der Waals surface area contributed by atoms with E-state index in [-0.39, 0.29) is 30.3 Å². The molecule has 0 aliphatic carbocycles. The maximum absolute atomic E-state index is 12.4. The predicted octanol–water partition coefficient (Wildman–Crippen LogP) is 4.53. The molecular weight excluding hydrogens is 304 g/mol. The number of rotatable bonds is 12. The molecule has 2 unspecified atom stereocenters. The van der Waals surface area contributed by atoms with Gasteiger partial charge in [-0.05, 0) is 12.3 Å². The average molecular weight is 332 g/mol. The van der Waals surface area contributed by atoms with Crippen molar-refractivity contribution in [1.29, 1.82) is 0 Å². The molecule has 0 aliphatic rings. The highest BCUT2D eigenvalue weighted by Gasteiger charge is 2.27. The highest BCUT2D eigenvalue weighted by atomic mass is 16.4. The second-order valence-electron chi connectivity index (χ2n) is 6.43. The summed E-state index contributed by atoms with van der Waals surface area (Å²) in [5.74, 6) is -1.85. The summed E-state index contributed by atoms with van der Waals surface area (Å²) >= 11 is 0. The number of carboxylic acid groups (broad SMARTS) is 1. The van der Waals surface area contributed by atoms with Crippen LogP contribution >= 0.6 is 0 Å².